The Morgan fingerprint density at radius 1 is 1.33 bits per heavy atom. The molecule has 0 aromatic carbocycles. The van der Waals surface area contributed by atoms with E-state index in [2.05, 4.69) is 15.0 Å². The van der Waals surface area contributed by atoms with Crippen LogP contribution in [0.1, 0.15) is 20.3 Å². The molecule has 0 N–H and O–H groups in total. The van der Waals surface area contributed by atoms with Crippen LogP contribution in [0.2, 0.25) is 5.28 Å². The standard InChI is InChI=1S/C11H17ClN4O2/c1-7(2)18-11-14-9(12)13-10(15-11)16-5-4-8(6-16)17-3/h7-8H,4-6H2,1-3H3. The number of hydrogen-bond donors (Lipinski definition) is 0. The lowest BCUT2D eigenvalue weighted by molar-refractivity contribution is 0.121. The molecule has 0 aliphatic carbocycles. The number of rotatable bonds is 4. The summed E-state index contributed by atoms with van der Waals surface area (Å²) >= 11 is 5.88. The molecule has 0 spiro atoms. The van der Waals surface area contributed by atoms with Crippen LogP contribution in [0.15, 0.2) is 0 Å². The van der Waals surface area contributed by atoms with Gasteiger partial charge in [-0.25, -0.2) is 0 Å². The number of nitrogens with zero attached hydrogens (tertiary/aromatic N) is 4. The number of anilines is 1. The normalized spacial score (nSPS) is 19.6. The van der Waals surface area contributed by atoms with Gasteiger partial charge in [0.05, 0.1) is 12.2 Å². The highest BCUT2D eigenvalue weighted by Gasteiger charge is 2.25. The second-order valence-electron chi connectivity index (χ2n) is 4.45. The van der Waals surface area contributed by atoms with Crippen molar-refractivity contribution < 1.29 is 9.47 Å². The summed E-state index contributed by atoms with van der Waals surface area (Å²) in [4.78, 5) is 14.4. The van der Waals surface area contributed by atoms with Crippen LogP contribution in [0.5, 0.6) is 6.01 Å². The van der Waals surface area contributed by atoms with Crippen LogP contribution >= 0.6 is 11.6 Å². The van der Waals surface area contributed by atoms with Gasteiger partial charge in [-0.2, -0.15) is 15.0 Å². The fourth-order valence-corrected chi connectivity index (χ4v) is 1.98. The Kier molecular flexibility index (Phi) is 4.19. The van der Waals surface area contributed by atoms with E-state index in [0.717, 1.165) is 19.5 Å². The van der Waals surface area contributed by atoms with Gasteiger partial charge in [0.1, 0.15) is 0 Å². The smallest absolute Gasteiger partial charge is 0.322 e. The second-order valence-corrected chi connectivity index (χ2v) is 4.78. The Morgan fingerprint density at radius 3 is 2.72 bits per heavy atom. The number of ether oxygens (including phenoxy) is 2. The molecule has 100 valence electrons. The van der Waals surface area contributed by atoms with Gasteiger partial charge in [-0.05, 0) is 31.9 Å². The van der Waals surface area contributed by atoms with Gasteiger partial charge in [0.2, 0.25) is 11.2 Å². The minimum absolute atomic E-state index is 0.00150. The lowest BCUT2D eigenvalue weighted by atomic mass is 10.3. The SMILES string of the molecule is COC1CCN(c2nc(Cl)nc(OC(C)C)n2)C1. The molecule has 6 nitrogen and oxygen atoms in total. The van der Waals surface area contributed by atoms with Gasteiger partial charge in [0.15, 0.2) is 0 Å². The van der Waals surface area contributed by atoms with Gasteiger partial charge >= 0.3 is 6.01 Å². The monoisotopic (exact) mass is 272 g/mol. The van der Waals surface area contributed by atoms with Crippen molar-refractivity contribution in [2.75, 3.05) is 25.1 Å². The summed E-state index contributed by atoms with van der Waals surface area (Å²) in [7, 11) is 1.71. The highest BCUT2D eigenvalue weighted by molar-refractivity contribution is 6.28. The quantitative estimate of drug-likeness (QED) is 0.829. The molecule has 1 saturated heterocycles. The molecule has 0 amide bonds. The molecule has 18 heavy (non-hydrogen) atoms. The van der Waals surface area contributed by atoms with E-state index in [4.69, 9.17) is 21.1 Å². The van der Waals surface area contributed by atoms with Crippen molar-refractivity contribution in [3.63, 3.8) is 0 Å². The average molecular weight is 273 g/mol. The lowest BCUT2D eigenvalue weighted by Gasteiger charge is -2.17. The molecular weight excluding hydrogens is 256 g/mol. The van der Waals surface area contributed by atoms with E-state index in [9.17, 15) is 0 Å². The van der Waals surface area contributed by atoms with Gasteiger partial charge in [0, 0.05) is 20.2 Å². The third kappa shape index (κ3) is 3.20. The Morgan fingerprint density at radius 2 is 2.11 bits per heavy atom. The van der Waals surface area contributed by atoms with Crippen LogP contribution in [-0.4, -0.2) is 47.4 Å². The molecule has 1 aliphatic rings. The van der Waals surface area contributed by atoms with Gasteiger partial charge in [-0.1, -0.05) is 0 Å². The zero-order valence-corrected chi connectivity index (χ0v) is 11.5. The Hall–Kier alpha value is -1.14. The van der Waals surface area contributed by atoms with Crippen LogP contribution in [0, 0.1) is 0 Å². The van der Waals surface area contributed by atoms with E-state index >= 15 is 0 Å². The fourth-order valence-electron chi connectivity index (χ4n) is 1.83. The maximum Gasteiger partial charge on any atom is 0.322 e. The minimum atomic E-state index is 0.00150. The molecule has 0 radical (unpaired) electrons. The van der Waals surface area contributed by atoms with Gasteiger partial charge in [-0.3, -0.25) is 0 Å². The van der Waals surface area contributed by atoms with Crippen molar-refractivity contribution in [1.29, 1.82) is 0 Å². The van der Waals surface area contributed by atoms with E-state index < -0.39 is 0 Å². The van der Waals surface area contributed by atoms with Crippen molar-refractivity contribution >= 4 is 17.5 Å². The predicted octanol–water partition coefficient (Wildman–Crippen LogP) is 1.54. The van der Waals surface area contributed by atoms with Crippen molar-refractivity contribution in [3.8, 4) is 6.01 Å². The molecular formula is C11H17ClN4O2. The zero-order chi connectivity index (χ0) is 13.1. The van der Waals surface area contributed by atoms with Crippen molar-refractivity contribution in [2.24, 2.45) is 0 Å². The summed E-state index contributed by atoms with van der Waals surface area (Å²) in [5.74, 6) is 0.546. The molecule has 1 fully saturated rings. The first-order valence-electron chi connectivity index (χ1n) is 5.94. The Bertz CT molecular complexity index is 416. The fraction of sp³-hybridized carbons (Fsp3) is 0.727. The summed E-state index contributed by atoms with van der Waals surface area (Å²) in [5.41, 5.74) is 0. The van der Waals surface area contributed by atoms with Gasteiger partial charge in [-0.15, -0.1) is 0 Å². The third-order valence-corrected chi connectivity index (χ3v) is 2.85. The van der Waals surface area contributed by atoms with E-state index in [1.54, 1.807) is 7.11 Å². The highest BCUT2D eigenvalue weighted by Crippen LogP contribution is 2.21. The van der Waals surface area contributed by atoms with E-state index in [0.29, 0.717) is 5.95 Å². The minimum Gasteiger partial charge on any atom is -0.461 e. The molecule has 0 bridgehead atoms. The van der Waals surface area contributed by atoms with Gasteiger partial charge < -0.3 is 14.4 Å². The number of methoxy groups -OCH3 is 1. The molecule has 2 heterocycles. The van der Waals surface area contributed by atoms with Crippen molar-refractivity contribution in [3.05, 3.63) is 5.28 Å². The Labute approximate surface area is 111 Å². The van der Waals surface area contributed by atoms with E-state index in [-0.39, 0.29) is 23.5 Å². The zero-order valence-electron chi connectivity index (χ0n) is 10.8. The summed E-state index contributed by atoms with van der Waals surface area (Å²) in [5, 5.41) is 0.150. The van der Waals surface area contributed by atoms with Crippen molar-refractivity contribution in [1.82, 2.24) is 15.0 Å². The van der Waals surface area contributed by atoms with Crippen molar-refractivity contribution in [2.45, 2.75) is 32.5 Å². The first-order valence-corrected chi connectivity index (χ1v) is 6.32. The second kappa shape index (κ2) is 5.67. The number of hydrogen-bond acceptors (Lipinski definition) is 6. The number of aromatic nitrogens is 3. The predicted molar refractivity (Wildman–Crippen MR) is 68.2 cm³/mol. The molecule has 1 atom stereocenters. The van der Waals surface area contributed by atoms with Crippen LogP contribution in [-0.2, 0) is 4.74 Å². The molecule has 0 saturated carbocycles. The number of halogens is 1. The summed E-state index contributed by atoms with van der Waals surface area (Å²) in [6, 6.07) is 0.265. The molecule has 1 aliphatic heterocycles. The first-order chi connectivity index (χ1) is 8.58. The topological polar surface area (TPSA) is 60.4 Å². The highest BCUT2D eigenvalue weighted by atomic mass is 35.5. The third-order valence-electron chi connectivity index (χ3n) is 2.68. The van der Waals surface area contributed by atoms with Crippen LogP contribution in [0.4, 0.5) is 5.95 Å². The maximum absolute atomic E-state index is 5.88. The largest absolute Gasteiger partial charge is 0.461 e. The molecule has 1 aromatic heterocycles. The van der Waals surface area contributed by atoms with Crippen LogP contribution in [0.3, 0.4) is 0 Å². The van der Waals surface area contributed by atoms with Crippen LogP contribution < -0.4 is 9.64 Å². The van der Waals surface area contributed by atoms with E-state index in [1.165, 1.54) is 0 Å². The summed E-state index contributed by atoms with van der Waals surface area (Å²) in [6.07, 6.45) is 1.18. The average Bonchev–Trinajstić information content (AvgIpc) is 2.75. The molecule has 7 heteroatoms. The molecule has 1 unspecified atom stereocenters. The molecule has 2 rings (SSSR count). The van der Waals surface area contributed by atoms with Crippen LogP contribution in [0.25, 0.3) is 0 Å². The summed E-state index contributed by atoms with van der Waals surface area (Å²) in [6.45, 7) is 5.43. The lowest BCUT2D eigenvalue weighted by Crippen LogP contribution is -2.25. The summed E-state index contributed by atoms with van der Waals surface area (Å²) < 4.78 is 10.8. The van der Waals surface area contributed by atoms with Gasteiger partial charge in [0.25, 0.3) is 0 Å². The Balaban J connectivity index is 2.15. The first kappa shape index (κ1) is 13.3. The molecule has 1 aromatic rings. The van der Waals surface area contributed by atoms with E-state index in [1.807, 2.05) is 18.7 Å². The maximum atomic E-state index is 5.88.